The molecular formula is C20H16ClNO3. The molecule has 1 aliphatic carbocycles. The lowest BCUT2D eigenvalue weighted by molar-refractivity contribution is 0.0884. The second-order valence-corrected chi connectivity index (χ2v) is 6.65. The summed E-state index contributed by atoms with van der Waals surface area (Å²) in [6.45, 7) is 0.0409. The van der Waals surface area contributed by atoms with E-state index in [1.54, 1.807) is 30.3 Å². The molecule has 0 saturated carbocycles. The number of aliphatic hydroxyl groups is 1. The first-order valence-corrected chi connectivity index (χ1v) is 8.58. The van der Waals surface area contributed by atoms with Crippen molar-refractivity contribution in [3.8, 4) is 0 Å². The van der Waals surface area contributed by atoms with Crippen LogP contribution >= 0.6 is 11.6 Å². The van der Waals surface area contributed by atoms with Crippen LogP contribution in [0, 0.1) is 0 Å². The zero-order valence-corrected chi connectivity index (χ0v) is 14.2. The van der Waals surface area contributed by atoms with Crippen LogP contribution in [0.4, 0.5) is 5.69 Å². The Morgan fingerprint density at radius 2 is 1.96 bits per heavy atom. The normalized spacial score (nSPS) is 18.0. The van der Waals surface area contributed by atoms with Crippen molar-refractivity contribution in [1.82, 2.24) is 0 Å². The maximum absolute atomic E-state index is 13.3. The lowest BCUT2D eigenvalue weighted by Crippen LogP contribution is -2.50. The molecule has 2 aromatic carbocycles. The van der Waals surface area contributed by atoms with Crippen LogP contribution in [0.3, 0.4) is 0 Å². The fraction of sp³-hybridized carbons (Fsp3) is 0.200. The van der Waals surface area contributed by atoms with Crippen LogP contribution in [0.1, 0.15) is 38.3 Å². The Morgan fingerprint density at radius 1 is 1.12 bits per heavy atom. The van der Waals surface area contributed by atoms with E-state index < -0.39 is 6.04 Å². The number of hydrogen-bond donors (Lipinski definition) is 1. The molecule has 4 nitrogen and oxygen atoms in total. The van der Waals surface area contributed by atoms with Gasteiger partial charge in [0.1, 0.15) is 6.04 Å². The molecule has 2 aromatic rings. The molecule has 25 heavy (non-hydrogen) atoms. The van der Waals surface area contributed by atoms with Gasteiger partial charge in [0.05, 0.1) is 5.56 Å². The topological polar surface area (TPSA) is 57.6 Å². The third-order valence-corrected chi connectivity index (χ3v) is 4.93. The highest BCUT2D eigenvalue weighted by molar-refractivity contribution is 6.31. The first-order chi connectivity index (χ1) is 12.1. The van der Waals surface area contributed by atoms with E-state index in [0.717, 1.165) is 11.1 Å². The van der Waals surface area contributed by atoms with Crippen molar-refractivity contribution in [1.29, 1.82) is 0 Å². The molecule has 1 atom stereocenters. The average molecular weight is 354 g/mol. The van der Waals surface area contributed by atoms with E-state index >= 15 is 0 Å². The summed E-state index contributed by atoms with van der Waals surface area (Å²) in [5, 5.41) is 9.64. The standard InChI is InChI=1S/C20H16ClNO3/c21-14-4-1-5-15(11-14)22-16-9-8-13-7-6-12(3-2-10-23)18(20(22)25)17(13)19(16)24/h1,4-9,11,16,23H,2-3,10H2. The highest BCUT2D eigenvalue weighted by Gasteiger charge is 2.42. The summed E-state index contributed by atoms with van der Waals surface area (Å²) in [7, 11) is 0. The molecule has 126 valence electrons. The monoisotopic (exact) mass is 353 g/mol. The Hall–Kier alpha value is -2.43. The van der Waals surface area contributed by atoms with Gasteiger partial charge in [0.2, 0.25) is 0 Å². The zero-order chi connectivity index (χ0) is 17.6. The molecule has 0 fully saturated rings. The number of halogens is 1. The number of amides is 1. The van der Waals surface area contributed by atoms with E-state index in [1.165, 1.54) is 4.90 Å². The number of carbonyl (C=O) groups excluding carboxylic acids is 2. The number of benzene rings is 2. The highest BCUT2D eigenvalue weighted by atomic mass is 35.5. The van der Waals surface area contributed by atoms with Gasteiger partial charge in [0, 0.05) is 22.9 Å². The first-order valence-electron chi connectivity index (χ1n) is 8.20. The summed E-state index contributed by atoms with van der Waals surface area (Å²) >= 11 is 6.08. The molecule has 0 aromatic heterocycles. The number of nitrogens with zero attached hydrogens (tertiary/aromatic N) is 1. The summed E-state index contributed by atoms with van der Waals surface area (Å²) in [6.07, 6.45) is 4.75. The van der Waals surface area contributed by atoms with E-state index in [2.05, 4.69) is 0 Å². The second-order valence-electron chi connectivity index (χ2n) is 6.21. The van der Waals surface area contributed by atoms with E-state index in [4.69, 9.17) is 16.7 Å². The van der Waals surface area contributed by atoms with Gasteiger partial charge in [-0.1, -0.05) is 42.0 Å². The van der Waals surface area contributed by atoms with E-state index in [9.17, 15) is 9.59 Å². The lowest BCUT2D eigenvalue weighted by atomic mass is 9.81. The summed E-state index contributed by atoms with van der Waals surface area (Å²) in [5.74, 6) is -0.265. The number of anilines is 1. The lowest BCUT2D eigenvalue weighted by Gasteiger charge is -2.37. The van der Waals surface area contributed by atoms with Crippen molar-refractivity contribution in [2.75, 3.05) is 11.5 Å². The third kappa shape index (κ3) is 2.49. The molecule has 1 unspecified atom stereocenters. The largest absolute Gasteiger partial charge is 0.396 e. The van der Waals surface area contributed by atoms with Crippen LogP contribution in [0.2, 0.25) is 5.02 Å². The molecule has 5 heteroatoms. The molecule has 0 spiro atoms. The Kier molecular flexibility index (Phi) is 3.94. The number of carbonyl (C=O) groups is 2. The van der Waals surface area contributed by atoms with Gasteiger partial charge in [-0.05, 0) is 42.2 Å². The van der Waals surface area contributed by atoms with E-state index in [-0.39, 0.29) is 18.3 Å². The Balaban J connectivity index is 1.91. The number of ketones is 1. The molecule has 0 radical (unpaired) electrons. The van der Waals surface area contributed by atoms with Crippen molar-refractivity contribution in [2.24, 2.45) is 0 Å². The van der Waals surface area contributed by atoms with Gasteiger partial charge in [-0.15, -0.1) is 0 Å². The fourth-order valence-corrected chi connectivity index (χ4v) is 3.76. The summed E-state index contributed by atoms with van der Waals surface area (Å²) in [4.78, 5) is 27.8. The zero-order valence-electron chi connectivity index (χ0n) is 13.4. The second kappa shape index (κ2) is 6.14. The minimum atomic E-state index is -0.640. The van der Waals surface area contributed by atoms with Gasteiger partial charge in [-0.2, -0.15) is 0 Å². The van der Waals surface area contributed by atoms with E-state index in [0.29, 0.717) is 34.7 Å². The average Bonchev–Trinajstić information content (AvgIpc) is 2.60. The van der Waals surface area contributed by atoms with Crippen LogP contribution in [0.5, 0.6) is 0 Å². The molecule has 1 aliphatic heterocycles. The molecule has 2 aliphatic rings. The van der Waals surface area contributed by atoms with Crippen LogP contribution in [-0.4, -0.2) is 29.4 Å². The Bertz CT molecular complexity index is 919. The third-order valence-electron chi connectivity index (χ3n) is 4.70. The fourth-order valence-electron chi connectivity index (χ4n) is 3.57. The first kappa shape index (κ1) is 16.1. The van der Waals surface area contributed by atoms with Crippen molar-refractivity contribution in [3.05, 3.63) is 69.8 Å². The number of fused-ring (bicyclic) bond motifs is 1. The number of hydrogen-bond acceptors (Lipinski definition) is 3. The number of aliphatic hydroxyl groups excluding tert-OH is 1. The number of aryl methyl sites for hydroxylation is 1. The van der Waals surface area contributed by atoms with Crippen LogP contribution in [0.25, 0.3) is 6.08 Å². The van der Waals surface area contributed by atoms with Gasteiger partial charge >= 0.3 is 0 Å². The molecule has 2 bridgehead atoms. The Morgan fingerprint density at radius 3 is 2.72 bits per heavy atom. The van der Waals surface area contributed by atoms with Crippen LogP contribution in [0.15, 0.2) is 42.5 Å². The minimum Gasteiger partial charge on any atom is -0.396 e. The van der Waals surface area contributed by atoms with Gasteiger partial charge in [-0.25, -0.2) is 0 Å². The van der Waals surface area contributed by atoms with Crippen molar-refractivity contribution < 1.29 is 14.7 Å². The SMILES string of the molecule is O=C1c2c3ccc(CCCO)c2C(=O)N(c2cccc(Cl)c2)C1C=C3. The quantitative estimate of drug-likeness (QED) is 0.915. The Labute approximate surface area is 150 Å². The van der Waals surface area contributed by atoms with Gasteiger partial charge in [0.15, 0.2) is 5.78 Å². The predicted molar refractivity (Wildman–Crippen MR) is 97.3 cm³/mol. The molecule has 0 saturated heterocycles. The predicted octanol–water partition coefficient (Wildman–Crippen LogP) is 3.50. The van der Waals surface area contributed by atoms with Crippen molar-refractivity contribution in [2.45, 2.75) is 18.9 Å². The molecule has 1 N–H and O–H groups in total. The molecular weight excluding hydrogens is 338 g/mol. The maximum atomic E-state index is 13.3. The highest BCUT2D eigenvalue weighted by Crippen LogP contribution is 2.37. The molecule has 1 heterocycles. The van der Waals surface area contributed by atoms with Crippen molar-refractivity contribution in [3.63, 3.8) is 0 Å². The van der Waals surface area contributed by atoms with E-state index in [1.807, 2.05) is 18.2 Å². The maximum Gasteiger partial charge on any atom is 0.260 e. The van der Waals surface area contributed by atoms with Gasteiger partial charge in [0.25, 0.3) is 5.91 Å². The summed E-state index contributed by atoms with van der Waals surface area (Å²) < 4.78 is 0. The summed E-state index contributed by atoms with van der Waals surface area (Å²) in [5.41, 5.74) is 3.14. The summed E-state index contributed by atoms with van der Waals surface area (Å²) in [6, 6.07) is 10.1. The molecule has 1 amide bonds. The van der Waals surface area contributed by atoms with Gasteiger partial charge in [-0.3, -0.25) is 14.5 Å². The number of Topliss-reactive ketones (excluding diaryl/α,β-unsaturated/α-hetero) is 1. The van der Waals surface area contributed by atoms with Crippen molar-refractivity contribution >= 4 is 35.1 Å². The molecule has 4 rings (SSSR count). The van der Waals surface area contributed by atoms with Crippen LogP contribution in [-0.2, 0) is 6.42 Å². The minimum absolute atomic E-state index is 0.0409. The van der Waals surface area contributed by atoms with Gasteiger partial charge < -0.3 is 5.11 Å². The number of rotatable bonds is 4. The smallest absolute Gasteiger partial charge is 0.260 e. The van der Waals surface area contributed by atoms with Crippen LogP contribution < -0.4 is 4.90 Å².